The summed E-state index contributed by atoms with van der Waals surface area (Å²) >= 11 is 0. The first kappa shape index (κ1) is 11.1. The van der Waals surface area contributed by atoms with Gasteiger partial charge in [0.05, 0.1) is 7.11 Å². The predicted molar refractivity (Wildman–Crippen MR) is 42.2 cm³/mol. The molecule has 0 aromatic carbocycles. The molecule has 1 rings (SSSR count). The van der Waals surface area contributed by atoms with Gasteiger partial charge in [0.25, 0.3) is 0 Å². The molecule has 0 aliphatic heterocycles. The zero-order chi connectivity index (χ0) is 11.5. The van der Waals surface area contributed by atoms with E-state index >= 15 is 0 Å². The summed E-state index contributed by atoms with van der Waals surface area (Å²) < 4.78 is 43.9. The molecule has 1 aromatic rings. The summed E-state index contributed by atoms with van der Waals surface area (Å²) in [5.41, 5.74) is -0.391. The van der Waals surface area contributed by atoms with Gasteiger partial charge in [-0.15, -0.1) is 13.2 Å². The highest BCUT2D eigenvalue weighted by Crippen LogP contribution is 2.29. The Bertz CT molecular complexity index is 398. The van der Waals surface area contributed by atoms with Crippen LogP contribution in [0.4, 0.5) is 13.2 Å². The summed E-state index contributed by atoms with van der Waals surface area (Å²) in [4.78, 5) is 3.57. The summed E-state index contributed by atoms with van der Waals surface area (Å²) in [6.07, 6.45) is -3.79. The molecular weight excluding hydrogens is 213 g/mol. The molecule has 0 aliphatic rings. The molecule has 4 nitrogen and oxygen atoms in total. The van der Waals surface area contributed by atoms with E-state index in [1.54, 1.807) is 0 Å². The number of hydrogen-bond acceptors (Lipinski definition) is 4. The Morgan fingerprint density at radius 2 is 2.13 bits per heavy atom. The highest BCUT2D eigenvalue weighted by Gasteiger charge is 2.32. The highest BCUT2D eigenvalue weighted by molar-refractivity contribution is 5.48. The van der Waals surface area contributed by atoms with Crippen molar-refractivity contribution >= 4 is 0 Å². The fourth-order valence-corrected chi connectivity index (χ4v) is 0.893. The third-order valence-corrected chi connectivity index (χ3v) is 1.41. The first-order valence-electron chi connectivity index (χ1n) is 3.66. The maximum atomic E-state index is 11.9. The fraction of sp³-hybridized carbons (Fsp3) is 0.250. The molecule has 1 heterocycles. The second-order valence-electron chi connectivity index (χ2n) is 2.35. The lowest BCUT2D eigenvalue weighted by atomic mass is 10.2. The Morgan fingerprint density at radius 1 is 1.47 bits per heavy atom. The molecule has 0 atom stereocenters. The third kappa shape index (κ3) is 2.74. The van der Waals surface area contributed by atoms with Crippen LogP contribution in [0.1, 0.15) is 5.56 Å². The maximum Gasteiger partial charge on any atom is 0.573 e. The zero-order valence-electron chi connectivity index (χ0n) is 7.50. The van der Waals surface area contributed by atoms with Crippen molar-refractivity contribution in [2.75, 3.05) is 7.11 Å². The topological polar surface area (TPSA) is 55.1 Å². The molecule has 0 bridgehead atoms. The molecule has 0 fully saturated rings. The molecule has 0 N–H and O–H groups in total. The molecule has 0 saturated heterocycles. The van der Waals surface area contributed by atoms with Gasteiger partial charge < -0.3 is 9.47 Å². The molecule has 7 heteroatoms. The smallest absolute Gasteiger partial charge is 0.480 e. The average Bonchev–Trinajstić information content (AvgIpc) is 2.15. The van der Waals surface area contributed by atoms with Crippen molar-refractivity contribution in [3.05, 3.63) is 17.8 Å². The van der Waals surface area contributed by atoms with Gasteiger partial charge >= 0.3 is 6.36 Å². The molecule has 0 saturated carbocycles. The minimum Gasteiger partial charge on any atom is -0.480 e. The molecule has 0 radical (unpaired) electrons. The summed E-state index contributed by atoms with van der Waals surface area (Å²) in [6.45, 7) is 0. The largest absolute Gasteiger partial charge is 0.573 e. The number of alkyl halides is 3. The van der Waals surface area contributed by atoms with E-state index in [-0.39, 0.29) is 5.88 Å². The standard InChI is InChI=1S/C8H5F3N2O2/c1-14-7-5(4-12)6(2-3-13-7)15-8(9,10)11/h2-3H,1H3. The first-order chi connectivity index (χ1) is 6.98. The predicted octanol–water partition coefficient (Wildman–Crippen LogP) is 1.86. The van der Waals surface area contributed by atoms with E-state index in [1.165, 1.54) is 13.2 Å². The van der Waals surface area contributed by atoms with E-state index in [2.05, 4.69) is 14.5 Å². The number of nitrogens with zero attached hydrogens (tertiary/aromatic N) is 2. The van der Waals surface area contributed by atoms with Gasteiger partial charge in [-0.3, -0.25) is 0 Å². The molecule has 80 valence electrons. The van der Waals surface area contributed by atoms with E-state index in [4.69, 9.17) is 5.26 Å². The van der Waals surface area contributed by atoms with Crippen LogP contribution in [-0.2, 0) is 0 Å². The zero-order valence-corrected chi connectivity index (χ0v) is 7.50. The van der Waals surface area contributed by atoms with Gasteiger partial charge in [-0.25, -0.2) is 4.98 Å². The van der Waals surface area contributed by atoms with Gasteiger partial charge in [-0.05, 0) is 0 Å². The van der Waals surface area contributed by atoms with Gasteiger partial charge in [-0.2, -0.15) is 5.26 Å². The summed E-state index contributed by atoms with van der Waals surface area (Å²) in [5.74, 6) is -0.837. The summed E-state index contributed by atoms with van der Waals surface area (Å²) in [5, 5.41) is 8.61. The van der Waals surface area contributed by atoms with Gasteiger partial charge in [0, 0.05) is 12.3 Å². The highest BCUT2D eigenvalue weighted by atomic mass is 19.4. The Morgan fingerprint density at radius 3 is 2.60 bits per heavy atom. The lowest BCUT2D eigenvalue weighted by molar-refractivity contribution is -0.274. The van der Waals surface area contributed by atoms with Crippen molar-refractivity contribution in [2.24, 2.45) is 0 Å². The number of hydrogen-bond donors (Lipinski definition) is 0. The van der Waals surface area contributed by atoms with Crippen molar-refractivity contribution in [3.63, 3.8) is 0 Å². The number of nitriles is 1. The second kappa shape index (κ2) is 4.04. The van der Waals surface area contributed by atoms with Crippen LogP contribution in [0.15, 0.2) is 12.3 Å². The SMILES string of the molecule is COc1nccc(OC(F)(F)F)c1C#N. The number of rotatable bonds is 2. The van der Waals surface area contributed by atoms with Crippen LogP contribution in [0.5, 0.6) is 11.6 Å². The number of aromatic nitrogens is 1. The molecule has 15 heavy (non-hydrogen) atoms. The van der Waals surface area contributed by atoms with Crippen LogP contribution in [0.3, 0.4) is 0 Å². The second-order valence-corrected chi connectivity index (χ2v) is 2.35. The Balaban J connectivity index is 3.14. The number of pyridine rings is 1. The van der Waals surface area contributed by atoms with Crippen molar-refractivity contribution in [2.45, 2.75) is 6.36 Å². The van der Waals surface area contributed by atoms with E-state index in [0.29, 0.717) is 0 Å². The first-order valence-corrected chi connectivity index (χ1v) is 3.66. The van der Waals surface area contributed by atoms with Crippen LogP contribution in [0, 0.1) is 11.3 Å². The van der Waals surface area contributed by atoms with Crippen LogP contribution < -0.4 is 9.47 Å². The lowest BCUT2D eigenvalue weighted by Crippen LogP contribution is -2.18. The van der Waals surface area contributed by atoms with Crippen LogP contribution in [0.2, 0.25) is 0 Å². The molecule has 0 amide bonds. The van der Waals surface area contributed by atoms with Crippen molar-refractivity contribution < 1.29 is 22.6 Å². The molecule has 1 aromatic heterocycles. The molecule has 0 unspecified atom stereocenters. The van der Waals surface area contributed by atoms with Crippen LogP contribution >= 0.6 is 0 Å². The minimum absolute atomic E-state index is 0.209. The van der Waals surface area contributed by atoms with E-state index in [0.717, 1.165) is 12.3 Å². The van der Waals surface area contributed by atoms with E-state index in [1.807, 2.05) is 0 Å². The van der Waals surface area contributed by atoms with E-state index < -0.39 is 17.7 Å². The van der Waals surface area contributed by atoms with E-state index in [9.17, 15) is 13.2 Å². The van der Waals surface area contributed by atoms with Crippen molar-refractivity contribution in [1.29, 1.82) is 5.26 Å². The number of halogens is 3. The molecule has 0 spiro atoms. The van der Waals surface area contributed by atoms with Gasteiger partial charge in [0.2, 0.25) is 5.88 Å². The quantitative estimate of drug-likeness (QED) is 0.760. The lowest BCUT2D eigenvalue weighted by Gasteiger charge is -2.10. The Hall–Kier alpha value is -1.97. The average molecular weight is 218 g/mol. The minimum atomic E-state index is -4.85. The Labute approximate surface area is 82.9 Å². The molecular formula is C8H5F3N2O2. The number of methoxy groups -OCH3 is 1. The summed E-state index contributed by atoms with van der Waals surface area (Å²) in [7, 11) is 1.19. The monoisotopic (exact) mass is 218 g/mol. The van der Waals surface area contributed by atoms with Crippen LogP contribution in [0.25, 0.3) is 0 Å². The summed E-state index contributed by atoms with van der Waals surface area (Å²) in [6, 6.07) is 2.46. The third-order valence-electron chi connectivity index (χ3n) is 1.41. The fourth-order valence-electron chi connectivity index (χ4n) is 0.893. The van der Waals surface area contributed by atoms with Gasteiger partial charge in [0.15, 0.2) is 11.3 Å². The number of ether oxygens (including phenoxy) is 2. The molecule has 0 aliphatic carbocycles. The maximum absolute atomic E-state index is 11.9. The van der Waals surface area contributed by atoms with Crippen molar-refractivity contribution in [3.8, 4) is 17.7 Å². The Kier molecular flexibility index (Phi) is 2.99. The van der Waals surface area contributed by atoms with Crippen molar-refractivity contribution in [1.82, 2.24) is 4.98 Å². The normalized spacial score (nSPS) is 10.6. The van der Waals surface area contributed by atoms with Gasteiger partial charge in [-0.1, -0.05) is 0 Å². The van der Waals surface area contributed by atoms with Gasteiger partial charge in [0.1, 0.15) is 6.07 Å². The van der Waals surface area contributed by atoms with Crippen LogP contribution in [-0.4, -0.2) is 18.5 Å².